The van der Waals surface area contributed by atoms with E-state index in [9.17, 15) is 0 Å². The molecule has 3 rings (SSSR count). The zero-order chi connectivity index (χ0) is 15.0. The molecule has 1 atom stereocenters. The summed E-state index contributed by atoms with van der Waals surface area (Å²) < 4.78 is 7.65. The Bertz CT molecular complexity index is 642. The van der Waals surface area contributed by atoms with Crippen LogP contribution in [0.4, 0.5) is 0 Å². The van der Waals surface area contributed by atoms with Crippen LogP contribution < -0.4 is 10.5 Å². The Morgan fingerprint density at radius 1 is 1.33 bits per heavy atom. The molecule has 3 nitrogen and oxygen atoms in total. The molecule has 1 heterocycles. The molecule has 0 saturated carbocycles. The Hall–Kier alpha value is -1.74. The summed E-state index contributed by atoms with van der Waals surface area (Å²) in [5.74, 6) is 0.908. The molecule has 0 saturated heterocycles. The molecule has 2 aromatic rings. The number of ether oxygens (including phenoxy) is 1. The van der Waals surface area contributed by atoms with Crippen molar-refractivity contribution < 1.29 is 4.74 Å². The quantitative estimate of drug-likeness (QED) is 0.937. The van der Waals surface area contributed by atoms with Gasteiger partial charge in [-0.2, -0.15) is 0 Å². The van der Waals surface area contributed by atoms with Gasteiger partial charge in [-0.05, 0) is 47.6 Å². The maximum Gasteiger partial charge on any atom is 0.119 e. The second-order valence-electron chi connectivity index (χ2n) is 6.85. The maximum absolute atomic E-state index is 6.34. The molecule has 0 radical (unpaired) electrons. The standard InChI is InChI=1S/C18H24N2O/c1-18(2)10-16(19)15-7-8-20(17(15)11-18)12-13-5-4-6-14(9-13)21-3/h4-9,16H,10-12,19H2,1-3H3. The summed E-state index contributed by atoms with van der Waals surface area (Å²) in [6, 6.07) is 10.6. The van der Waals surface area contributed by atoms with Crippen molar-refractivity contribution in [2.24, 2.45) is 11.1 Å². The molecule has 1 aromatic heterocycles. The van der Waals surface area contributed by atoms with E-state index >= 15 is 0 Å². The summed E-state index contributed by atoms with van der Waals surface area (Å²) >= 11 is 0. The minimum Gasteiger partial charge on any atom is -0.497 e. The summed E-state index contributed by atoms with van der Waals surface area (Å²) in [6.07, 6.45) is 4.32. The van der Waals surface area contributed by atoms with E-state index in [2.05, 4.69) is 42.8 Å². The van der Waals surface area contributed by atoms with E-state index in [1.807, 2.05) is 12.1 Å². The maximum atomic E-state index is 6.34. The first-order valence-corrected chi connectivity index (χ1v) is 7.55. The Kier molecular flexibility index (Phi) is 3.54. The molecule has 1 aromatic carbocycles. The van der Waals surface area contributed by atoms with E-state index in [0.717, 1.165) is 25.1 Å². The van der Waals surface area contributed by atoms with E-state index in [1.165, 1.54) is 16.8 Å². The van der Waals surface area contributed by atoms with Crippen molar-refractivity contribution in [2.45, 2.75) is 39.3 Å². The first-order valence-electron chi connectivity index (χ1n) is 7.55. The molecular formula is C18H24N2O. The normalized spacial score (nSPS) is 20.1. The predicted molar refractivity (Wildman–Crippen MR) is 85.6 cm³/mol. The van der Waals surface area contributed by atoms with Gasteiger partial charge in [-0.15, -0.1) is 0 Å². The highest BCUT2D eigenvalue weighted by atomic mass is 16.5. The fourth-order valence-corrected chi connectivity index (χ4v) is 3.41. The zero-order valence-corrected chi connectivity index (χ0v) is 13.1. The fourth-order valence-electron chi connectivity index (χ4n) is 3.41. The second kappa shape index (κ2) is 5.23. The number of rotatable bonds is 3. The van der Waals surface area contributed by atoms with Crippen molar-refractivity contribution >= 4 is 0 Å². The molecule has 2 N–H and O–H groups in total. The number of fused-ring (bicyclic) bond motifs is 1. The van der Waals surface area contributed by atoms with Gasteiger partial charge in [-0.3, -0.25) is 0 Å². The number of methoxy groups -OCH3 is 1. The number of hydrogen-bond donors (Lipinski definition) is 1. The van der Waals surface area contributed by atoms with Gasteiger partial charge < -0.3 is 15.0 Å². The van der Waals surface area contributed by atoms with Crippen molar-refractivity contribution in [3.63, 3.8) is 0 Å². The third-order valence-electron chi connectivity index (χ3n) is 4.42. The lowest BCUT2D eigenvalue weighted by Crippen LogP contribution is -2.30. The van der Waals surface area contributed by atoms with Crippen LogP contribution >= 0.6 is 0 Å². The zero-order valence-electron chi connectivity index (χ0n) is 13.1. The summed E-state index contributed by atoms with van der Waals surface area (Å²) in [6.45, 7) is 5.48. The molecule has 112 valence electrons. The highest BCUT2D eigenvalue weighted by Crippen LogP contribution is 2.40. The lowest BCUT2D eigenvalue weighted by atomic mass is 9.74. The van der Waals surface area contributed by atoms with Crippen molar-refractivity contribution in [3.05, 3.63) is 53.3 Å². The van der Waals surface area contributed by atoms with E-state index in [-0.39, 0.29) is 11.5 Å². The summed E-state index contributed by atoms with van der Waals surface area (Å²) in [7, 11) is 1.71. The molecule has 1 unspecified atom stereocenters. The molecule has 0 bridgehead atoms. The van der Waals surface area contributed by atoms with Crippen LogP contribution in [0.1, 0.15) is 43.1 Å². The highest BCUT2D eigenvalue weighted by Gasteiger charge is 2.32. The largest absolute Gasteiger partial charge is 0.497 e. The van der Waals surface area contributed by atoms with Crippen molar-refractivity contribution in [1.82, 2.24) is 4.57 Å². The van der Waals surface area contributed by atoms with Gasteiger partial charge >= 0.3 is 0 Å². The average Bonchev–Trinajstić information content (AvgIpc) is 2.81. The highest BCUT2D eigenvalue weighted by molar-refractivity contribution is 5.33. The molecular weight excluding hydrogens is 260 g/mol. The molecule has 0 amide bonds. The van der Waals surface area contributed by atoms with Crippen molar-refractivity contribution in [1.29, 1.82) is 0 Å². The van der Waals surface area contributed by atoms with Crippen LogP contribution in [-0.2, 0) is 13.0 Å². The number of nitrogens with two attached hydrogens (primary N) is 1. The molecule has 3 heteroatoms. The van der Waals surface area contributed by atoms with Gasteiger partial charge in [0.05, 0.1) is 7.11 Å². The molecule has 0 fully saturated rings. The predicted octanol–water partition coefficient (Wildman–Crippen LogP) is 3.52. The fraction of sp³-hybridized carbons (Fsp3) is 0.444. The lowest BCUT2D eigenvalue weighted by Gasteiger charge is -2.34. The average molecular weight is 284 g/mol. The topological polar surface area (TPSA) is 40.2 Å². The minimum absolute atomic E-state index is 0.162. The van der Waals surface area contributed by atoms with Crippen LogP contribution in [0.15, 0.2) is 36.5 Å². The molecule has 21 heavy (non-hydrogen) atoms. The van der Waals surface area contributed by atoms with Crippen LogP contribution in [0.5, 0.6) is 5.75 Å². The van der Waals surface area contributed by atoms with Gasteiger partial charge in [-0.1, -0.05) is 26.0 Å². The van der Waals surface area contributed by atoms with Gasteiger partial charge in [0.1, 0.15) is 5.75 Å². The first-order chi connectivity index (χ1) is 9.98. The Morgan fingerprint density at radius 2 is 2.14 bits per heavy atom. The summed E-state index contributed by atoms with van der Waals surface area (Å²) in [5.41, 5.74) is 10.6. The smallest absolute Gasteiger partial charge is 0.119 e. The summed E-state index contributed by atoms with van der Waals surface area (Å²) in [5, 5.41) is 0. The molecule has 0 spiro atoms. The van der Waals surface area contributed by atoms with Crippen LogP contribution in [0.2, 0.25) is 0 Å². The van der Waals surface area contributed by atoms with E-state index < -0.39 is 0 Å². The number of aromatic nitrogens is 1. The third kappa shape index (κ3) is 2.84. The van der Waals surface area contributed by atoms with Crippen molar-refractivity contribution in [2.75, 3.05) is 7.11 Å². The third-order valence-corrected chi connectivity index (χ3v) is 4.42. The van der Waals surface area contributed by atoms with E-state index in [1.54, 1.807) is 7.11 Å². The van der Waals surface area contributed by atoms with Crippen molar-refractivity contribution in [3.8, 4) is 5.75 Å². The SMILES string of the molecule is COc1cccc(Cn2ccc3c2CC(C)(C)CC3N)c1. The van der Waals surface area contributed by atoms with Gasteiger partial charge in [0.25, 0.3) is 0 Å². The second-order valence-corrected chi connectivity index (χ2v) is 6.85. The first kappa shape index (κ1) is 14.2. The van der Waals surface area contributed by atoms with Crippen LogP contribution in [-0.4, -0.2) is 11.7 Å². The molecule has 1 aliphatic rings. The molecule has 1 aliphatic carbocycles. The Labute approximate surface area is 126 Å². The van der Waals surface area contributed by atoms with Gasteiger partial charge in [0.15, 0.2) is 0 Å². The summed E-state index contributed by atoms with van der Waals surface area (Å²) in [4.78, 5) is 0. The van der Waals surface area contributed by atoms with Gasteiger partial charge in [-0.25, -0.2) is 0 Å². The number of benzene rings is 1. The van der Waals surface area contributed by atoms with Gasteiger partial charge in [0.2, 0.25) is 0 Å². The molecule has 0 aliphatic heterocycles. The number of nitrogens with zero attached hydrogens (tertiary/aromatic N) is 1. The van der Waals surface area contributed by atoms with E-state index in [0.29, 0.717) is 0 Å². The van der Waals surface area contributed by atoms with E-state index in [4.69, 9.17) is 10.5 Å². The Balaban J connectivity index is 1.91. The number of hydrogen-bond acceptors (Lipinski definition) is 2. The van der Waals surface area contributed by atoms with Crippen LogP contribution in [0, 0.1) is 5.41 Å². The van der Waals surface area contributed by atoms with Gasteiger partial charge in [0, 0.05) is 24.5 Å². The minimum atomic E-state index is 0.162. The Morgan fingerprint density at radius 3 is 2.90 bits per heavy atom. The monoisotopic (exact) mass is 284 g/mol. The van der Waals surface area contributed by atoms with Crippen LogP contribution in [0.3, 0.4) is 0 Å². The lowest BCUT2D eigenvalue weighted by molar-refractivity contribution is 0.276. The van der Waals surface area contributed by atoms with Crippen LogP contribution in [0.25, 0.3) is 0 Å².